The van der Waals surface area contributed by atoms with E-state index in [0.717, 1.165) is 12.1 Å². The Kier molecular flexibility index (Phi) is 5.12. The van der Waals surface area contributed by atoms with E-state index >= 15 is 0 Å². The number of ether oxygens (including phenoxy) is 1. The Morgan fingerprint density at radius 2 is 1.75 bits per heavy atom. The molecule has 0 saturated carbocycles. The summed E-state index contributed by atoms with van der Waals surface area (Å²) < 4.78 is 46.5. The van der Waals surface area contributed by atoms with Crippen molar-refractivity contribution < 1.29 is 22.7 Å². The van der Waals surface area contributed by atoms with Crippen LogP contribution in [0.2, 0.25) is 0 Å². The number of halogens is 3. The molecular weight excluding hydrogens is 369 g/mol. The van der Waals surface area contributed by atoms with Crippen LogP contribution in [0.4, 0.5) is 18.9 Å². The molecule has 2 aromatic rings. The SMILES string of the molecule is O=C1CC2(COCCN(Cc3cc(F)ccc3F)C2)CN1c1ccc(F)cc1. The van der Waals surface area contributed by atoms with E-state index < -0.39 is 17.0 Å². The molecule has 2 aliphatic heterocycles. The van der Waals surface area contributed by atoms with Crippen molar-refractivity contribution in [3.8, 4) is 0 Å². The molecule has 4 nitrogen and oxygen atoms in total. The first kappa shape index (κ1) is 19.0. The van der Waals surface area contributed by atoms with Gasteiger partial charge in [0, 0.05) is 49.3 Å². The average Bonchev–Trinajstić information content (AvgIpc) is 2.85. The molecular formula is C21H21F3N2O2. The zero-order valence-electron chi connectivity index (χ0n) is 15.3. The van der Waals surface area contributed by atoms with Crippen LogP contribution in [0.15, 0.2) is 42.5 Å². The smallest absolute Gasteiger partial charge is 0.227 e. The molecule has 7 heteroatoms. The zero-order valence-corrected chi connectivity index (χ0v) is 15.3. The molecule has 2 fully saturated rings. The Bertz CT molecular complexity index is 874. The Hall–Kier alpha value is -2.38. The van der Waals surface area contributed by atoms with E-state index in [-0.39, 0.29) is 23.8 Å². The molecule has 0 N–H and O–H groups in total. The van der Waals surface area contributed by atoms with E-state index in [0.29, 0.717) is 45.0 Å². The fourth-order valence-corrected chi connectivity index (χ4v) is 4.08. The third kappa shape index (κ3) is 3.91. The minimum atomic E-state index is -0.476. The number of benzene rings is 2. The number of rotatable bonds is 3. The van der Waals surface area contributed by atoms with Gasteiger partial charge >= 0.3 is 0 Å². The highest BCUT2D eigenvalue weighted by atomic mass is 19.1. The van der Waals surface area contributed by atoms with E-state index in [1.807, 2.05) is 4.90 Å². The molecule has 0 radical (unpaired) electrons. The van der Waals surface area contributed by atoms with Crippen molar-refractivity contribution in [1.82, 2.24) is 4.90 Å². The van der Waals surface area contributed by atoms with Crippen molar-refractivity contribution in [2.24, 2.45) is 5.41 Å². The topological polar surface area (TPSA) is 32.8 Å². The number of carbonyl (C=O) groups excluding carboxylic acids is 1. The Balaban J connectivity index is 1.53. The van der Waals surface area contributed by atoms with Crippen LogP contribution in [-0.4, -0.2) is 43.7 Å². The molecule has 28 heavy (non-hydrogen) atoms. The summed E-state index contributed by atoms with van der Waals surface area (Å²) in [5.74, 6) is -1.33. The molecule has 1 unspecified atom stereocenters. The van der Waals surface area contributed by atoms with Crippen molar-refractivity contribution >= 4 is 11.6 Å². The summed E-state index contributed by atoms with van der Waals surface area (Å²) >= 11 is 0. The lowest BCUT2D eigenvalue weighted by atomic mass is 9.87. The van der Waals surface area contributed by atoms with Crippen LogP contribution in [0, 0.1) is 22.9 Å². The second kappa shape index (κ2) is 7.56. The van der Waals surface area contributed by atoms with Crippen LogP contribution < -0.4 is 4.90 Å². The molecule has 2 aromatic carbocycles. The van der Waals surface area contributed by atoms with Gasteiger partial charge in [0.15, 0.2) is 0 Å². The van der Waals surface area contributed by atoms with Crippen LogP contribution in [0.1, 0.15) is 12.0 Å². The molecule has 4 rings (SSSR count). The standard InChI is InChI=1S/C21H21F3N2O2/c22-16-1-4-18(5-2-16)26-13-21(10-20(26)27)12-25(7-8-28-14-21)11-15-9-17(23)3-6-19(15)24/h1-6,9H,7-8,10-14H2. The molecule has 2 heterocycles. The Morgan fingerprint density at radius 3 is 2.54 bits per heavy atom. The van der Waals surface area contributed by atoms with Crippen molar-refractivity contribution in [3.05, 3.63) is 65.5 Å². The molecule has 2 saturated heterocycles. The second-order valence-corrected chi connectivity index (χ2v) is 7.63. The highest BCUT2D eigenvalue weighted by Crippen LogP contribution is 2.37. The maximum absolute atomic E-state index is 14.1. The molecule has 148 valence electrons. The van der Waals surface area contributed by atoms with E-state index in [9.17, 15) is 18.0 Å². The maximum atomic E-state index is 14.1. The third-order valence-corrected chi connectivity index (χ3v) is 5.38. The average molecular weight is 390 g/mol. The number of hydrogen-bond acceptors (Lipinski definition) is 3. The van der Waals surface area contributed by atoms with Crippen LogP contribution in [0.3, 0.4) is 0 Å². The van der Waals surface area contributed by atoms with Gasteiger partial charge in [0.2, 0.25) is 5.91 Å². The summed E-state index contributed by atoms with van der Waals surface area (Å²) in [5, 5.41) is 0. The van der Waals surface area contributed by atoms with E-state index in [2.05, 4.69) is 0 Å². The summed E-state index contributed by atoms with van der Waals surface area (Å²) in [6.45, 7) is 2.68. The molecule has 1 spiro atoms. The summed E-state index contributed by atoms with van der Waals surface area (Å²) in [6.07, 6.45) is 0.298. The van der Waals surface area contributed by atoms with Gasteiger partial charge in [-0.3, -0.25) is 9.69 Å². The van der Waals surface area contributed by atoms with Gasteiger partial charge in [-0.2, -0.15) is 0 Å². The second-order valence-electron chi connectivity index (χ2n) is 7.63. The van der Waals surface area contributed by atoms with Crippen molar-refractivity contribution in [3.63, 3.8) is 0 Å². The van der Waals surface area contributed by atoms with Crippen LogP contribution in [0.5, 0.6) is 0 Å². The fourth-order valence-electron chi connectivity index (χ4n) is 4.08. The van der Waals surface area contributed by atoms with Crippen LogP contribution >= 0.6 is 0 Å². The number of amides is 1. The summed E-state index contributed by atoms with van der Waals surface area (Å²) in [6, 6.07) is 9.27. The van der Waals surface area contributed by atoms with Crippen molar-refractivity contribution in [1.29, 1.82) is 0 Å². The third-order valence-electron chi connectivity index (χ3n) is 5.38. The molecule has 0 bridgehead atoms. The summed E-state index contributed by atoms with van der Waals surface area (Å²) in [5.41, 5.74) is 0.498. The molecule has 0 aliphatic carbocycles. The predicted molar refractivity (Wildman–Crippen MR) is 98.3 cm³/mol. The van der Waals surface area contributed by atoms with Gasteiger partial charge in [-0.05, 0) is 42.5 Å². The largest absolute Gasteiger partial charge is 0.379 e. The molecule has 0 aromatic heterocycles. The Labute approximate surface area is 161 Å². The first-order chi connectivity index (χ1) is 13.4. The minimum absolute atomic E-state index is 0.0472. The Morgan fingerprint density at radius 1 is 1.00 bits per heavy atom. The lowest BCUT2D eigenvalue weighted by Gasteiger charge is -2.31. The molecule has 1 amide bonds. The van der Waals surface area contributed by atoms with Gasteiger partial charge < -0.3 is 9.64 Å². The molecule has 1 atom stereocenters. The normalized spacial score (nSPS) is 23.4. The van der Waals surface area contributed by atoms with Crippen LogP contribution in [0.25, 0.3) is 0 Å². The van der Waals surface area contributed by atoms with Crippen molar-refractivity contribution in [2.75, 3.05) is 37.7 Å². The van der Waals surface area contributed by atoms with Gasteiger partial charge in [0.1, 0.15) is 17.5 Å². The summed E-state index contributed by atoms with van der Waals surface area (Å²) in [4.78, 5) is 16.3. The number of carbonyl (C=O) groups is 1. The first-order valence-electron chi connectivity index (χ1n) is 9.24. The quantitative estimate of drug-likeness (QED) is 0.806. The van der Waals surface area contributed by atoms with Gasteiger partial charge in [0.25, 0.3) is 0 Å². The number of anilines is 1. The maximum Gasteiger partial charge on any atom is 0.227 e. The molecule has 2 aliphatic rings. The predicted octanol–water partition coefficient (Wildman–Crippen LogP) is 3.36. The minimum Gasteiger partial charge on any atom is -0.379 e. The lowest BCUT2D eigenvalue weighted by molar-refractivity contribution is -0.118. The monoisotopic (exact) mass is 390 g/mol. The van der Waals surface area contributed by atoms with Gasteiger partial charge in [-0.15, -0.1) is 0 Å². The number of hydrogen-bond donors (Lipinski definition) is 0. The fraction of sp³-hybridized carbons (Fsp3) is 0.381. The highest BCUT2D eigenvalue weighted by Gasteiger charge is 2.46. The van der Waals surface area contributed by atoms with Crippen LogP contribution in [-0.2, 0) is 16.1 Å². The van der Waals surface area contributed by atoms with Gasteiger partial charge in [0.05, 0.1) is 13.2 Å². The van der Waals surface area contributed by atoms with E-state index in [1.54, 1.807) is 17.0 Å². The lowest BCUT2D eigenvalue weighted by Crippen LogP contribution is -2.40. The van der Waals surface area contributed by atoms with E-state index in [1.165, 1.54) is 18.2 Å². The van der Waals surface area contributed by atoms with Gasteiger partial charge in [-0.1, -0.05) is 0 Å². The first-order valence-corrected chi connectivity index (χ1v) is 9.24. The highest BCUT2D eigenvalue weighted by molar-refractivity contribution is 5.96. The van der Waals surface area contributed by atoms with E-state index in [4.69, 9.17) is 4.74 Å². The van der Waals surface area contributed by atoms with Crippen molar-refractivity contribution in [2.45, 2.75) is 13.0 Å². The summed E-state index contributed by atoms with van der Waals surface area (Å²) in [7, 11) is 0. The zero-order chi connectivity index (χ0) is 19.7. The van der Waals surface area contributed by atoms with Gasteiger partial charge in [-0.25, -0.2) is 13.2 Å². The number of nitrogens with zero attached hydrogens (tertiary/aromatic N) is 2.